The van der Waals surface area contributed by atoms with Gasteiger partial charge in [0.25, 0.3) is 0 Å². The second-order valence-electron chi connectivity index (χ2n) is 5.26. The highest BCUT2D eigenvalue weighted by atomic mass is 16.4. The molecule has 4 nitrogen and oxygen atoms in total. The molecule has 0 spiro atoms. The zero-order chi connectivity index (χ0) is 11.3. The fourth-order valence-electron chi connectivity index (χ4n) is 2.93. The van der Waals surface area contributed by atoms with Crippen molar-refractivity contribution in [2.24, 2.45) is 17.8 Å². The highest BCUT2D eigenvalue weighted by Gasteiger charge is 2.53. The van der Waals surface area contributed by atoms with Gasteiger partial charge in [-0.1, -0.05) is 12.2 Å². The van der Waals surface area contributed by atoms with E-state index in [4.69, 9.17) is 5.11 Å². The lowest BCUT2D eigenvalue weighted by Gasteiger charge is -2.20. The van der Waals surface area contributed by atoms with Crippen molar-refractivity contribution in [1.82, 2.24) is 5.32 Å². The molecule has 2 bridgehead atoms. The lowest BCUT2D eigenvalue weighted by molar-refractivity contribution is -0.144. The van der Waals surface area contributed by atoms with Crippen LogP contribution in [0.15, 0.2) is 12.2 Å². The molecule has 86 valence electrons. The van der Waals surface area contributed by atoms with Crippen molar-refractivity contribution in [3.05, 3.63) is 12.2 Å². The Morgan fingerprint density at radius 1 is 1.25 bits per heavy atom. The van der Waals surface area contributed by atoms with Gasteiger partial charge in [0.15, 0.2) is 0 Å². The average Bonchev–Trinajstić information content (AvgIpc) is 2.75. The van der Waals surface area contributed by atoms with E-state index in [2.05, 4.69) is 17.5 Å². The van der Waals surface area contributed by atoms with Crippen molar-refractivity contribution in [3.8, 4) is 0 Å². The maximum atomic E-state index is 12.0. The van der Waals surface area contributed by atoms with Gasteiger partial charge >= 0.3 is 5.97 Å². The molecule has 2 saturated carbocycles. The van der Waals surface area contributed by atoms with Crippen LogP contribution in [0.25, 0.3) is 0 Å². The van der Waals surface area contributed by atoms with Gasteiger partial charge in [-0.2, -0.15) is 0 Å². The summed E-state index contributed by atoms with van der Waals surface area (Å²) in [4.78, 5) is 23.0. The van der Waals surface area contributed by atoms with Crippen LogP contribution >= 0.6 is 0 Å². The molecule has 16 heavy (non-hydrogen) atoms. The number of nitrogens with one attached hydrogen (secondary N) is 1. The number of amides is 1. The summed E-state index contributed by atoms with van der Waals surface area (Å²) in [7, 11) is 0. The lowest BCUT2D eigenvalue weighted by atomic mass is 9.92. The number of carbonyl (C=O) groups excluding carboxylic acids is 1. The van der Waals surface area contributed by atoms with E-state index in [0.717, 1.165) is 12.8 Å². The third-order valence-electron chi connectivity index (χ3n) is 4.14. The van der Waals surface area contributed by atoms with Crippen LogP contribution in [-0.2, 0) is 9.59 Å². The molecule has 4 heteroatoms. The molecule has 0 radical (unpaired) electrons. The molecular weight excluding hydrogens is 206 g/mol. The van der Waals surface area contributed by atoms with E-state index in [-0.39, 0.29) is 11.8 Å². The van der Waals surface area contributed by atoms with Crippen molar-refractivity contribution in [2.45, 2.75) is 31.2 Å². The fourth-order valence-corrected chi connectivity index (χ4v) is 2.93. The Balaban J connectivity index is 1.66. The summed E-state index contributed by atoms with van der Waals surface area (Å²) < 4.78 is 0. The molecule has 0 aliphatic heterocycles. The van der Waals surface area contributed by atoms with Crippen molar-refractivity contribution >= 4 is 11.9 Å². The van der Waals surface area contributed by atoms with Crippen LogP contribution in [0.5, 0.6) is 0 Å². The zero-order valence-corrected chi connectivity index (χ0v) is 8.98. The quantitative estimate of drug-likeness (QED) is 0.697. The first-order valence-electron chi connectivity index (χ1n) is 5.84. The average molecular weight is 221 g/mol. The summed E-state index contributed by atoms with van der Waals surface area (Å²) in [6.07, 6.45) is 7.40. The molecule has 2 N–H and O–H groups in total. The van der Waals surface area contributed by atoms with Gasteiger partial charge in [-0.25, -0.2) is 4.79 Å². The van der Waals surface area contributed by atoms with Gasteiger partial charge in [0.2, 0.25) is 5.91 Å². The van der Waals surface area contributed by atoms with Crippen LogP contribution in [0.4, 0.5) is 0 Å². The second-order valence-corrected chi connectivity index (χ2v) is 5.26. The van der Waals surface area contributed by atoms with Crippen LogP contribution in [0.3, 0.4) is 0 Å². The van der Waals surface area contributed by atoms with Gasteiger partial charge in [0.05, 0.1) is 0 Å². The molecule has 0 heterocycles. The van der Waals surface area contributed by atoms with Crippen molar-refractivity contribution in [1.29, 1.82) is 0 Å². The summed E-state index contributed by atoms with van der Waals surface area (Å²) in [5, 5.41) is 11.7. The van der Waals surface area contributed by atoms with Crippen LogP contribution in [-0.4, -0.2) is 22.5 Å². The van der Waals surface area contributed by atoms with Gasteiger partial charge in [0.1, 0.15) is 5.54 Å². The lowest BCUT2D eigenvalue weighted by Crippen LogP contribution is -2.46. The Kier molecular flexibility index (Phi) is 1.91. The van der Waals surface area contributed by atoms with E-state index >= 15 is 0 Å². The number of carboxylic acids is 1. The molecule has 3 rings (SSSR count). The van der Waals surface area contributed by atoms with E-state index in [1.807, 2.05) is 0 Å². The first-order chi connectivity index (χ1) is 7.61. The molecule has 0 aromatic carbocycles. The summed E-state index contributed by atoms with van der Waals surface area (Å²) in [6, 6.07) is 0. The van der Waals surface area contributed by atoms with Crippen molar-refractivity contribution < 1.29 is 14.7 Å². The maximum absolute atomic E-state index is 12.0. The monoisotopic (exact) mass is 221 g/mol. The molecule has 2 fully saturated rings. The normalized spacial score (nSPS) is 37.4. The number of carboxylic acid groups (broad SMARTS) is 1. The minimum atomic E-state index is -0.928. The first-order valence-corrected chi connectivity index (χ1v) is 5.84. The predicted octanol–water partition coefficient (Wildman–Crippen LogP) is 0.932. The summed E-state index contributed by atoms with van der Waals surface area (Å²) in [5.74, 6) is -0.0570. The fraction of sp³-hybridized carbons (Fsp3) is 0.667. The molecule has 0 aromatic heterocycles. The maximum Gasteiger partial charge on any atom is 0.329 e. The molecular formula is C12H15NO3. The standard InChI is InChI=1S/C12H15NO3/c14-10(13-12(3-4-12)11(15)16)9-6-7-1-2-8(9)5-7/h1-2,7-9H,3-6H2,(H,13,14)(H,15,16). The van der Waals surface area contributed by atoms with E-state index in [0.29, 0.717) is 24.7 Å². The number of allylic oxidation sites excluding steroid dienone is 2. The van der Waals surface area contributed by atoms with E-state index in [1.54, 1.807) is 0 Å². The molecule has 3 aliphatic rings. The SMILES string of the molecule is O=C(NC1(C(=O)O)CC1)C1CC2C=CC1C2. The van der Waals surface area contributed by atoms with E-state index in [9.17, 15) is 9.59 Å². The van der Waals surface area contributed by atoms with Crippen LogP contribution in [0.1, 0.15) is 25.7 Å². The number of fused-ring (bicyclic) bond motifs is 2. The minimum absolute atomic E-state index is 0.00632. The molecule has 0 saturated heterocycles. The predicted molar refractivity (Wildman–Crippen MR) is 56.6 cm³/mol. The van der Waals surface area contributed by atoms with Gasteiger partial charge in [-0.15, -0.1) is 0 Å². The number of hydrogen-bond donors (Lipinski definition) is 2. The van der Waals surface area contributed by atoms with Gasteiger partial charge in [-0.3, -0.25) is 4.79 Å². The van der Waals surface area contributed by atoms with Gasteiger partial charge in [-0.05, 0) is 37.5 Å². The number of hydrogen-bond acceptors (Lipinski definition) is 2. The molecule has 3 unspecified atom stereocenters. The van der Waals surface area contributed by atoms with Crippen LogP contribution < -0.4 is 5.32 Å². The Labute approximate surface area is 93.7 Å². The summed E-state index contributed by atoms with van der Waals surface area (Å²) in [6.45, 7) is 0. The molecule has 1 amide bonds. The Hall–Kier alpha value is -1.32. The van der Waals surface area contributed by atoms with Crippen LogP contribution in [0, 0.1) is 17.8 Å². The van der Waals surface area contributed by atoms with Crippen molar-refractivity contribution in [2.75, 3.05) is 0 Å². The largest absolute Gasteiger partial charge is 0.480 e. The minimum Gasteiger partial charge on any atom is -0.480 e. The topological polar surface area (TPSA) is 66.4 Å². The molecule has 0 aromatic rings. The van der Waals surface area contributed by atoms with Crippen molar-refractivity contribution in [3.63, 3.8) is 0 Å². The van der Waals surface area contributed by atoms with Crippen LogP contribution in [0.2, 0.25) is 0 Å². The smallest absolute Gasteiger partial charge is 0.329 e. The zero-order valence-electron chi connectivity index (χ0n) is 8.98. The summed E-state index contributed by atoms with van der Waals surface area (Å²) >= 11 is 0. The second kappa shape index (κ2) is 3.09. The molecule has 3 atom stereocenters. The van der Waals surface area contributed by atoms with Gasteiger partial charge < -0.3 is 10.4 Å². The summed E-state index contributed by atoms with van der Waals surface area (Å²) in [5.41, 5.74) is -0.928. The first kappa shape index (κ1) is 9.87. The third-order valence-corrected chi connectivity index (χ3v) is 4.14. The number of rotatable bonds is 3. The van der Waals surface area contributed by atoms with E-state index in [1.165, 1.54) is 0 Å². The number of carbonyl (C=O) groups is 2. The highest BCUT2D eigenvalue weighted by molar-refractivity contribution is 5.90. The molecule has 3 aliphatic carbocycles. The van der Waals surface area contributed by atoms with Gasteiger partial charge in [0, 0.05) is 5.92 Å². The Morgan fingerprint density at radius 3 is 2.44 bits per heavy atom. The Bertz CT molecular complexity index is 384. The highest BCUT2D eigenvalue weighted by Crippen LogP contribution is 2.44. The number of aliphatic carboxylic acids is 1. The van der Waals surface area contributed by atoms with E-state index < -0.39 is 11.5 Å². The Morgan fingerprint density at radius 2 is 2.00 bits per heavy atom. The third kappa shape index (κ3) is 1.36.